The molecule has 1 amide bonds. The normalized spacial score (nSPS) is 22.8. The highest BCUT2D eigenvalue weighted by Crippen LogP contribution is 2.36. The number of carbonyl (C=O) groups excluding carboxylic acids is 1. The lowest BCUT2D eigenvalue weighted by molar-refractivity contribution is -0.174. The first kappa shape index (κ1) is 22.0. The van der Waals surface area contributed by atoms with Gasteiger partial charge in [0, 0.05) is 19.1 Å². The first-order chi connectivity index (χ1) is 13.8. The minimum atomic E-state index is -0.555. The van der Waals surface area contributed by atoms with E-state index in [0.29, 0.717) is 30.8 Å². The van der Waals surface area contributed by atoms with Crippen molar-refractivity contribution < 1.29 is 23.5 Å². The van der Waals surface area contributed by atoms with Crippen molar-refractivity contribution in [2.75, 3.05) is 13.2 Å². The van der Waals surface area contributed by atoms with E-state index >= 15 is 0 Å². The molecule has 2 heterocycles. The van der Waals surface area contributed by atoms with Crippen molar-refractivity contribution in [3.8, 4) is 0 Å². The van der Waals surface area contributed by atoms with Gasteiger partial charge in [-0.05, 0) is 60.3 Å². The van der Waals surface area contributed by atoms with Gasteiger partial charge < -0.3 is 23.6 Å². The maximum atomic E-state index is 12.8. The second-order valence-corrected chi connectivity index (χ2v) is 8.94. The van der Waals surface area contributed by atoms with Gasteiger partial charge in [-0.2, -0.15) is 4.98 Å². The van der Waals surface area contributed by atoms with Crippen LogP contribution in [0.1, 0.15) is 96.9 Å². The number of nitrogens with zero attached hydrogens (tertiary/aromatic N) is 3. The van der Waals surface area contributed by atoms with E-state index in [1.54, 1.807) is 4.90 Å². The zero-order valence-electron chi connectivity index (χ0n) is 18.3. The number of hydrogen-bond donors (Lipinski definition) is 0. The zero-order valence-corrected chi connectivity index (χ0v) is 18.3. The molecule has 8 heteroatoms. The fourth-order valence-electron chi connectivity index (χ4n) is 4.16. The van der Waals surface area contributed by atoms with E-state index in [2.05, 4.69) is 10.1 Å². The Morgan fingerprint density at radius 2 is 1.97 bits per heavy atom. The van der Waals surface area contributed by atoms with Crippen LogP contribution in [0, 0.1) is 0 Å². The van der Waals surface area contributed by atoms with Gasteiger partial charge in [0.15, 0.2) is 6.29 Å². The molecule has 0 spiro atoms. The fraction of sp³-hybridized carbons (Fsp3) is 0.857. The number of amides is 1. The van der Waals surface area contributed by atoms with E-state index in [-0.39, 0.29) is 12.1 Å². The third-order valence-corrected chi connectivity index (χ3v) is 5.43. The van der Waals surface area contributed by atoms with E-state index in [0.717, 1.165) is 25.7 Å². The van der Waals surface area contributed by atoms with Crippen LogP contribution in [0.15, 0.2) is 4.52 Å². The lowest BCUT2D eigenvalue weighted by Gasteiger charge is -2.33. The third kappa shape index (κ3) is 5.69. The van der Waals surface area contributed by atoms with Crippen molar-refractivity contribution in [3.63, 3.8) is 0 Å². The zero-order chi connectivity index (χ0) is 21.0. The first-order valence-electron chi connectivity index (χ1n) is 10.9. The molecule has 0 aromatic carbocycles. The average Bonchev–Trinajstić information content (AvgIpc) is 3.39. The van der Waals surface area contributed by atoms with Crippen molar-refractivity contribution in [1.82, 2.24) is 15.0 Å². The molecule has 2 unspecified atom stereocenters. The third-order valence-electron chi connectivity index (χ3n) is 5.43. The van der Waals surface area contributed by atoms with E-state index in [1.165, 1.54) is 12.8 Å². The Hall–Kier alpha value is -1.67. The highest BCUT2D eigenvalue weighted by atomic mass is 16.7. The molecular formula is C21H35N3O5. The van der Waals surface area contributed by atoms with Gasteiger partial charge in [-0.15, -0.1) is 0 Å². The Bertz CT molecular complexity index is 666. The monoisotopic (exact) mass is 409 g/mol. The van der Waals surface area contributed by atoms with Gasteiger partial charge >= 0.3 is 6.09 Å². The van der Waals surface area contributed by atoms with Crippen molar-refractivity contribution in [2.24, 2.45) is 0 Å². The smallest absolute Gasteiger partial charge is 0.410 e. The number of carbonyl (C=O) groups is 1. The van der Waals surface area contributed by atoms with Gasteiger partial charge in [0.1, 0.15) is 11.7 Å². The van der Waals surface area contributed by atoms with Crippen LogP contribution in [-0.4, -0.2) is 52.2 Å². The molecule has 3 atom stereocenters. The van der Waals surface area contributed by atoms with Crippen LogP contribution in [0.5, 0.6) is 0 Å². The lowest BCUT2D eigenvalue weighted by Crippen LogP contribution is -2.44. The van der Waals surface area contributed by atoms with Crippen LogP contribution >= 0.6 is 0 Å². The van der Waals surface area contributed by atoms with Crippen LogP contribution in [0.4, 0.5) is 4.79 Å². The van der Waals surface area contributed by atoms with Crippen molar-refractivity contribution in [2.45, 2.75) is 103 Å². The minimum Gasteiger partial charge on any atom is -0.444 e. The second-order valence-electron chi connectivity index (χ2n) is 8.94. The summed E-state index contributed by atoms with van der Waals surface area (Å²) in [7, 11) is 0. The molecule has 1 saturated carbocycles. The molecule has 3 rings (SSSR count). The second kappa shape index (κ2) is 9.43. The maximum Gasteiger partial charge on any atom is 0.410 e. The Morgan fingerprint density at radius 1 is 1.24 bits per heavy atom. The Labute approximate surface area is 173 Å². The van der Waals surface area contributed by atoms with Gasteiger partial charge in [-0.3, -0.25) is 0 Å². The molecule has 0 radical (unpaired) electrons. The molecule has 1 aliphatic heterocycles. The predicted molar refractivity (Wildman–Crippen MR) is 106 cm³/mol. The van der Waals surface area contributed by atoms with Gasteiger partial charge in [0.05, 0.1) is 6.04 Å². The fourth-order valence-corrected chi connectivity index (χ4v) is 4.16. The number of ether oxygens (including phenoxy) is 3. The largest absolute Gasteiger partial charge is 0.444 e. The van der Waals surface area contributed by atoms with Gasteiger partial charge in [-0.25, -0.2) is 4.79 Å². The minimum absolute atomic E-state index is 0.221. The predicted octanol–water partition coefficient (Wildman–Crippen LogP) is 4.57. The molecule has 29 heavy (non-hydrogen) atoms. The molecule has 0 bridgehead atoms. The topological polar surface area (TPSA) is 86.9 Å². The number of aromatic nitrogens is 2. The summed E-state index contributed by atoms with van der Waals surface area (Å²) in [5.41, 5.74) is -0.555. The first-order valence-corrected chi connectivity index (χ1v) is 10.9. The number of likely N-dealkylation sites (tertiary alicyclic amines) is 1. The summed E-state index contributed by atoms with van der Waals surface area (Å²) in [5, 5.41) is 4.24. The van der Waals surface area contributed by atoms with Crippen molar-refractivity contribution in [1.29, 1.82) is 0 Å². The van der Waals surface area contributed by atoms with Crippen LogP contribution in [0.2, 0.25) is 0 Å². The SMILES string of the molecule is CCOC(C)OC(c1noc(C2CCCC2)n1)[C@@H]1CCCN1C(=O)OC(C)(C)C. The summed E-state index contributed by atoms with van der Waals surface area (Å²) in [6.07, 6.45) is 4.90. The van der Waals surface area contributed by atoms with E-state index in [1.807, 2.05) is 34.6 Å². The summed E-state index contributed by atoms with van der Waals surface area (Å²) in [6.45, 7) is 10.5. The summed E-state index contributed by atoms with van der Waals surface area (Å²) in [5.74, 6) is 1.49. The molecule has 1 aromatic heterocycles. The van der Waals surface area contributed by atoms with Gasteiger partial charge in [-0.1, -0.05) is 18.0 Å². The molecule has 0 N–H and O–H groups in total. The van der Waals surface area contributed by atoms with Crippen molar-refractivity contribution in [3.05, 3.63) is 11.7 Å². The quantitative estimate of drug-likeness (QED) is 0.610. The highest BCUT2D eigenvalue weighted by Gasteiger charge is 2.41. The molecule has 164 valence electrons. The van der Waals surface area contributed by atoms with E-state index in [4.69, 9.17) is 18.7 Å². The van der Waals surface area contributed by atoms with Crippen LogP contribution in [0.3, 0.4) is 0 Å². The molecule has 2 fully saturated rings. The standard InChI is InChI=1S/C21H35N3O5/c1-6-26-14(2)27-17(18-22-19(29-23-18)15-10-7-8-11-15)16-12-9-13-24(16)20(25)28-21(3,4)5/h14-17H,6-13H2,1-5H3/t14?,16-,17?/m0/s1. The van der Waals surface area contributed by atoms with Gasteiger partial charge in [0.2, 0.25) is 11.7 Å². The molecule has 2 aliphatic rings. The Morgan fingerprint density at radius 3 is 2.62 bits per heavy atom. The summed E-state index contributed by atoms with van der Waals surface area (Å²) < 4.78 is 23.0. The molecule has 1 aliphatic carbocycles. The molecule has 8 nitrogen and oxygen atoms in total. The highest BCUT2D eigenvalue weighted by molar-refractivity contribution is 5.69. The number of hydrogen-bond acceptors (Lipinski definition) is 7. The van der Waals surface area contributed by atoms with Crippen LogP contribution in [0.25, 0.3) is 0 Å². The van der Waals surface area contributed by atoms with Crippen LogP contribution in [-0.2, 0) is 14.2 Å². The van der Waals surface area contributed by atoms with E-state index < -0.39 is 18.0 Å². The van der Waals surface area contributed by atoms with Crippen molar-refractivity contribution >= 4 is 6.09 Å². The number of rotatable bonds is 7. The van der Waals surface area contributed by atoms with E-state index in [9.17, 15) is 4.79 Å². The summed E-state index contributed by atoms with van der Waals surface area (Å²) in [6, 6.07) is -0.221. The summed E-state index contributed by atoms with van der Waals surface area (Å²) in [4.78, 5) is 19.2. The summed E-state index contributed by atoms with van der Waals surface area (Å²) >= 11 is 0. The molecular weight excluding hydrogens is 374 g/mol. The lowest BCUT2D eigenvalue weighted by atomic mass is 10.1. The van der Waals surface area contributed by atoms with Gasteiger partial charge in [0.25, 0.3) is 0 Å². The maximum absolute atomic E-state index is 12.8. The molecule has 1 aromatic rings. The average molecular weight is 410 g/mol. The molecule has 1 saturated heterocycles. The Kier molecular flexibility index (Phi) is 7.16. The Balaban J connectivity index is 1.81. The van der Waals surface area contributed by atoms with Crippen LogP contribution < -0.4 is 0 Å².